The highest BCUT2D eigenvalue weighted by atomic mass is 16.6. The molecule has 0 aliphatic carbocycles. The van der Waals surface area contributed by atoms with Gasteiger partial charge in [0.25, 0.3) is 0 Å². The van der Waals surface area contributed by atoms with Crippen LogP contribution in [0.3, 0.4) is 0 Å². The zero-order valence-corrected chi connectivity index (χ0v) is 16.4. The SMILES string of the molecule is CCCCCC(C)NCCOc1ccc(NC(=O)OC(C)(C)C)cc1. The number of unbranched alkanes of at least 4 members (excludes halogenated alkanes) is 2. The van der Waals surface area contributed by atoms with E-state index < -0.39 is 11.7 Å². The Bertz CT molecular complexity index is 495. The van der Waals surface area contributed by atoms with E-state index in [-0.39, 0.29) is 0 Å². The van der Waals surface area contributed by atoms with E-state index in [9.17, 15) is 4.79 Å². The molecule has 0 aromatic heterocycles. The number of benzene rings is 1. The lowest BCUT2D eigenvalue weighted by molar-refractivity contribution is 0.0636. The normalized spacial score (nSPS) is 12.5. The molecule has 142 valence electrons. The van der Waals surface area contributed by atoms with Crippen molar-refractivity contribution in [2.75, 3.05) is 18.5 Å². The summed E-state index contributed by atoms with van der Waals surface area (Å²) in [4.78, 5) is 11.7. The van der Waals surface area contributed by atoms with E-state index in [1.54, 1.807) is 12.1 Å². The van der Waals surface area contributed by atoms with E-state index >= 15 is 0 Å². The van der Waals surface area contributed by atoms with Gasteiger partial charge in [-0.2, -0.15) is 0 Å². The van der Waals surface area contributed by atoms with Crippen molar-refractivity contribution < 1.29 is 14.3 Å². The zero-order chi connectivity index (χ0) is 18.7. The van der Waals surface area contributed by atoms with E-state index in [1.807, 2.05) is 32.9 Å². The molecule has 25 heavy (non-hydrogen) atoms. The first-order chi connectivity index (χ1) is 11.8. The van der Waals surface area contributed by atoms with Crippen LogP contribution in [0, 0.1) is 0 Å². The van der Waals surface area contributed by atoms with Crippen LogP contribution in [0.25, 0.3) is 0 Å². The summed E-state index contributed by atoms with van der Waals surface area (Å²) < 4.78 is 10.9. The van der Waals surface area contributed by atoms with Crippen molar-refractivity contribution in [2.45, 2.75) is 71.9 Å². The summed E-state index contributed by atoms with van der Waals surface area (Å²) in [7, 11) is 0. The minimum atomic E-state index is -0.506. The van der Waals surface area contributed by atoms with Gasteiger partial charge in [0.1, 0.15) is 18.0 Å². The molecule has 0 saturated heterocycles. The fourth-order valence-electron chi connectivity index (χ4n) is 2.33. The van der Waals surface area contributed by atoms with Gasteiger partial charge in [0.2, 0.25) is 0 Å². The largest absolute Gasteiger partial charge is 0.492 e. The lowest BCUT2D eigenvalue weighted by atomic mass is 10.1. The Morgan fingerprint density at radius 1 is 1.16 bits per heavy atom. The molecule has 0 radical (unpaired) electrons. The van der Waals surface area contributed by atoms with Crippen LogP contribution in [0.2, 0.25) is 0 Å². The molecule has 0 aliphatic heterocycles. The van der Waals surface area contributed by atoms with Gasteiger partial charge in [0.05, 0.1) is 0 Å². The molecule has 2 N–H and O–H groups in total. The number of hydrogen-bond donors (Lipinski definition) is 2. The minimum absolute atomic E-state index is 0.456. The molecule has 1 aromatic carbocycles. The number of hydrogen-bond acceptors (Lipinski definition) is 4. The quantitative estimate of drug-likeness (QED) is 0.585. The van der Waals surface area contributed by atoms with Crippen molar-refractivity contribution in [3.63, 3.8) is 0 Å². The fraction of sp³-hybridized carbons (Fsp3) is 0.650. The Balaban J connectivity index is 2.25. The average molecular weight is 351 g/mol. The van der Waals surface area contributed by atoms with Crippen LogP contribution in [0.15, 0.2) is 24.3 Å². The summed E-state index contributed by atoms with van der Waals surface area (Å²) in [6.07, 6.45) is 4.58. The first-order valence-electron chi connectivity index (χ1n) is 9.26. The number of anilines is 1. The Hall–Kier alpha value is -1.75. The molecule has 0 fully saturated rings. The summed E-state index contributed by atoms with van der Waals surface area (Å²) in [6, 6.07) is 7.82. The molecule has 5 nitrogen and oxygen atoms in total. The molecule has 1 atom stereocenters. The van der Waals surface area contributed by atoms with Gasteiger partial charge in [0, 0.05) is 18.3 Å². The third-order valence-electron chi connectivity index (χ3n) is 3.60. The van der Waals surface area contributed by atoms with Crippen molar-refractivity contribution >= 4 is 11.8 Å². The second-order valence-corrected chi connectivity index (χ2v) is 7.35. The number of rotatable bonds is 10. The third kappa shape index (κ3) is 10.7. The average Bonchev–Trinajstić information content (AvgIpc) is 2.51. The molecular formula is C20H34N2O3. The van der Waals surface area contributed by atoms with Gasteiger partial charge in [-0.15, -0.1) is 0 Å². The lowest BCUT2D eigenvalue weighted by Gasteiger charge is -2.19. The monoisotopic (exact) mass is 350 g/mol. The maximum absolute atomic E-state index is 11.7. The van der Waals surface area contributed by atoms with Gasteiger partial charge < -0.3 is 14.8 Å². The molecule has 1 unspecified atom stereocenters. The second-order valence-electron chi connectivity index (χ2n) is 7.35. The van der Waals surface area contributed by atoms with Crippen molar-refractivity contribution in [3.05, 3.63) is 24.3 Å². The van der Waals surface area contributed by atoms with Crippen molar-refractivity contribution in [2.24, 2.45) is 0 Å². The summed E-state index contributed by atoms with van der Waals surface area (Å²) in [5.41, 5.74) is 0.178. The molecule has 1 rings (SSSR count). The number of nitrogens with one attached hydrogen (secondary N) is 2. The highest BCUT2D eigenvalue weighted by Gasteiger charge is 2.16. The maximum Gasteiger partial charge on any atom is 0.412 e. The van der Waals surface area contributed by atoms with Gasteiger partial charge in [-0.3, -0.25) is 5.32 Å². The molecule has 0 aliphatic rings. The first kappa shape index (κ1) is 21.3. The fourth-order valence-corrected chi connectivity index (χ4v) is 2.33. The molecule has 0 saturated carbocycles. The van der Waals surface area contributed by atoms with E-state index in [0.717, 1.165) is 12.3 Å². The van der Waals surface area contributed by atoms with Gasteiger partial charge in [-0.1, -0.05) is 26.2 Å². The minimum Gasteiger partial charge on any atom is -0.492 e. The van der Waals surface area contributed by atoms with Crippen LogP contribution in [0.5, 0.6) is 5.75 Å². The molecule has 0 heterocycles. The van der Waals surface area contributed by atoms with Gasteiger partial charge in [0.15, 0.2) is 0 Å². The number of carbonyl (C=O) groups is 1. The number of carbonyl (C=O) groups excluding carboxylic acids is 1. The highest BCUT2D eigenvalue weighted by Crippen LogP contribution is 2.17. The predicted octanol–water partition coefficient (Wildman–Crippen LogP) is 4.97. The molecular weight excluding hydrogens is 316 g/mol. The third-order valence-corrected chi connectivity index (χ3v) is 3.60. The Morgan fingerprint density at radius 2 is 1.84 bits per heavy atom. The van der Waals surface area contributed by atoms with Gasteiger partial charge in [-0.25, -0.2) is 4.79 Å². The van der Waals surface area contributed by atoms with E-state index in [0.29, 0.717) is 18.3 Å². The highest BCUT2D eigenvalue weighted by molar-refractivity contribution is 5.84. The number of ether oxygens (including phenoxy) is 2. The van der Waals surface area contributed by atoms with Crippen molar-refractivity contribution in [1.82, 2.24) is 5.32 Å². The van der Waals surface area contributed by atoms with Gasteiger partial charge in [-0.05, 0) is 58.4 Å². The lowest BCUT2D eigenvalue weighted by Crippen LogP contribution is -2.30. The van der Waals surface area contributed by atoms with Crippen LogP contribution in [0.4, 0.5) is 10.5 Å². The molecule has 0 spiro atoms. The van der Waals surface area contributed by atoms with Crippen LogP contribution in [-0.2, 0) is 4.74 Å². The topological polar surface area (TPSA) is 59.6 Å². The molecule has 5 heteroatoms. The second kappa shape index (κ2) is 11.0. The first-order valence-corrected chi connectivity index (χ1v) is 9.26. The van der Waals surface area contributed by atoms with Crippen LogP contribution >= 0.6 is 0 Å². The molecule has 1 amide bonds. The summed E-state index contributed by atoms with van der Waals surface area (Å²) in [5.74, 6) is 0.787. The number of amides is 1. The van der Waals surface area contributed by atoms with Gasteiger partial charge >= 0.3 is 6.09 Å². The van der Waals surface area contributed by atoms with Crippen molar-refractivity contribution in [3.8, 4) is 5.75 Å². The van der Waals surface area contributed by atoms with Crippen LogP contribution in [0.1, 0.15) is 60.3 Å². The smallest absolute Gasteiger partial charge is 0.412 e. The Morgan fingerprint density at radius 3 is 2.44 bits per heavy atom. The standard InChI is InChI=1S/C20H34N2O3/c1-6-7-8-9-16(2)21-14-15-24-18-12-10-17(11-13-18)22-19(23)25-20(3,4)5/h10-13,16,21H,6-9,14-15H2,1-5H3,(H,22,23). The summed E-state index contributed by atoms with van der Waals surface area (Å²) in [6.45, 7) is 11.4. The van der Waals surface area contributed by atoms with E-state index in [1.165, 1.54) is 25.7 Å². The summed E-state index contributed by atoms with van der Waals surface area (Å²) >= 11 is 0. The van der Waals surface area contributed by atoms with Crippen LogP contribution in [-0.4, -0.2) is 30.9 Å². The van der Waals surface area contributed by atoms with E-state index in [4.69, 9.17) is 9.47 Å². The maximum atomic E-state index is 11.7. The molecule has 0 bridgehead atoms. The Kier molecular flexibility index (Phi) is 9.35. The van der Waals surface area contributed by atoms with E-state index in [2.05, 4.69) is 24.5 Å². The predicted molar refractivity (Wildman–Crippen MR) is 103 cm³/mol. The Labute approximate surface area is 152 Å². The zero-order valence-electron chi connectivity index (χ0n) is 16.4. The van der Waals surface area contributed by atoms with Crippen molar-refractivity contribution in [1.29, 1.82) is 0 Å². The molecule has 1 aromatic rings. The summed E-state index contributed by atoms with van der Waals surface area (Å²) in [5, 5.41) is 6.18. The van der Waals surface area contributed by atoms with Crippen LogP contribution < -0.4 is 15.4 Å².